The Balaban J connectivity index is 2.50. The molecule has 18 heavy (non-hydrogen) atoms. The Kier molecular flexibility index (Phi) is 5.64. The van der Waals surface area contributed by atoms with Crippen LogP contribution in [0.2, 0.25) is 0 Å². The van der Waals surface area contributed by atoms with Gasteiger partial charge in [-0.3, -0.25) is 10.1 Å². The molecule has 1 amide bonds. The molecule has 1 fully saturated rings. The molecule has 0 aromatic rings. The van der Waals surface area contributed by atoms with Gasteiger partial charge in [0.2, 0.25) is 5.91 Å². The number of amides is 1. The first kappa shape index (κ1) is 15.5. The van der Waals surface area contributed by atoms with Gasteiger partial charge in [0, 0.05) is 6.54 Å². The summed E-state index contributed by atoms with van der Waals surface area (Å²) in [5.74, 6) is 1.06. The van der Waals surface area contributed by atoms with E-state index in [2.05, 4.69) is 37.9 Å². The Hall–Kier alpha value is -0.570. The van der Waals surface area contributed by atoms with Crippen molar-refractivity contribution in [1.29, 1.82) is 0 Å². The van der Waals surface area contributed by atoms with Gasteiger partial charge in [-0.1, -0.05) is 40.5 Å². The molecule has 1 rings (SSSR count). The second kappa shape index (κ2) is 6.55. The van der Waals surface area contributed by atoms with E-state index in [1.165, 1.54) is 12.8 Å². The highest BCUT2D eigenvalue weighted by Gasteiger charge is 2.45. The van der Waals surface area contributed by atoms with Crippen LogP contribution in [-0.4, -0.2) is 29.1 Å². The fourth-order valence-corrected chi connectivity index (χ4v) is 2.63. The Morgan fingerprint density at radius 3 is 2.50 bits per heavy atom. The van der Waals surface area contributed by atoms with Crippen LogP contribution in [0.4, 0.5) is 0 Å². The molecule has 1 N–H and O–H groups in total. The molecule has 1 aliphatic rings. The largest absolute Gasteiger partial charge is 0.326 e. The molecule has 1 heterocycles. The maximum absolute atomic E-state index is 12.4. The van der Waals surface area contributed by atoms with E-state index in [9.17, 15) is 4.79 Å². The molecular formula is C15H30N2O. The molecule has 2 unspecified atom stereocenters. The minimum atomic E-state index is -0.335. The zero-order chi connectivity index (χ0) is 13.8. The van der Waals surface area contributed by atoms with Crippen LogP contribution in [0.3, 0.4) is 0 Å². The van der Waals surface area contributed by atoms with Crippen molar-refractivity contribution in [2.75, 3.05) is 6.54 Å². The zero-order valence-electron chi connectivity index (χ0n) is 12.8. The quantitative estimate of drug-likeness (QED) is 0.708. The van der Waals surface area contributed by atoms with Crippen LogP contribution in [0.15, 0.2) is 0 Å². The van der Waals surface area contributed by atoms with Gasteiger partial charge in [0.1, 0.15) is 0 Å². The average molecular weight is 254 g/mol. The first-order valence-corrected chi connectivity index (χ1v) is 7.53. The highest BCUT2D eigenvalue weighted by atomic mass is 16.2. The van der Waals surface area contributed by atoms with Gasteiger partial charge >= 0.3 is 0 Å². The lowest BCUT2D eigenvalue weighted by molar-refractivity contribution is -0.133. The average Bonchev–Trinajstić information content (AvgIpc) is 2.58. The molecule has 0 saturated carbocycles. The predicted molar refractivity (Wildman–Crippen MR) is 76.3 cm³/mol. The van der Waals surface area contributed by atoms with E-state index in [-0.39, 0.29) is 11.7 Å². The third kappa shape index (κ3) is 3.47. The van der Waals surface area contributed by atoms with Crippen molar-refractivity contribution in [2.24, 2.45) is 5.92 Å². The summed E-state index contributed by atoms with van der Waals surface area (Å²) in [5, 5.41) is 3.49. The lowest BCUT2D eigenvalue weighted by atomic mass is 9.99. The van der Waals surface area contributed by atoms with Gasteiger partial charge in [-0.05, 0) is 32.1 Å². The van der Waals surface area contributed by atoms with Gasteiger partial charge in [-0.15, -0.1) is 0 Å². The molecule has 1 saturated heterocycles. The van der Waals surface area contributed by atoms with Crippen molar-refractivity contribution < 1.29 is 4.79 Å². The molecule has 0 aromatic carbocycles. The minimum Gasteiger partial charge on any atom is -0.326 e. The lowest BCUT2D eigenvalue weighted by Crippen LogP contribution is -2.43. The topological polar surface area (TPSA) is 32.3 Å². The summed E-state index contributed by atoms with van der Waals surface area (Å²) in [4.78, 5) is 14.5. The Bertz CT molecular complexity index is 278. The van der Waals surface area contributed by atoms with Crippen molar-refractivity contribution in [2.45, 2.75) is 78.4 Å². The van der Waals surface area contributed by atoms with Gasteiger partial charge in [0.05, 0.1) is 11.7 Å². The summed E-state index contributed by atoms with van der Waals surface area (Å²) in [6.07, 6.45) is 5.71. The van der Waals surface area contributed by atoms with Crippen LogP contribution in [0, 0.1) is 5.92 Å². The Morgan fingerprint density at radius 1 is 1.33 bits per heavy atom. The van der Waals surface area contributed by atoms with Gasteiger partial charge in [-0.25, -0.2) is 0 Å². The Labute approximate surface area is 112 Å². The second-order valence-corrected chi connectivity index (χ2v) is 6.14. The van der Waals surface area contributed by atoms with E-state index in [1.54, 1.807) is 0 Å². The SMILES string of the molecule is CCC1NC(C)(CC)C(=O)N1CCCCC(C)C. The van der Waals surface area contributed by atoms with E-state index < -0.39 is 0 Å². The molecule has 2 atom stereocenters. The van der Waals surface area contributed by atoms with Gasteiger partial charge in [0.15, 0.2) is 0 Å². The van der Waals surface area contributed by atoms with Crippen LogP contribution >= 0.6 is 0 Å². The standard InChI is InChI=1S/C15H30N2O/c1-6-13-16-15(5,7-2)14(18)17(13)11-9-8-10-12(3)4/h12-13,16H,6-11H2,1-5H3. The minimum absolute atomic E-state index is 0.237. The van der Waals surface area contributed by atoms with Gasteiger partial charge in [0.25, 0.3) is 0 Å². The monoisotopic (exact) mass is 254 g/mol. The van der Waals surface area contributed by atoms with Crippen molar-refractivity contribution in [3.8, 4) is 0 Å². The van der Waals surface area contributed by atoms with E-state index in [1.807, 2.05) is 6.92 Å². The number of carbonyl (C=O) groups is 1. The van der Waals surface area contributed by atoms with E-state index in [0.29, 0.717) is 5.91 Å². The van der Waals surface area contributed by atoms with Crippen LogP contribution < -0.4 is 5.32 Å². The van der Waals surface area contributed by atoms with Crippen molar-refractivity contribution in [1.82, 2.24) is 10.2 Å². The Morgan fingerprint density at radius 2 is 2.00 bits per heavy atom. The number of nitrogens with zero attached hydrogens (tertiary/aromatic N) is 1. The molecule has 3 heteroatoms. The van der Waals surface area contributed by atoms with Crippen molar-refractivity contribution >= 4 is 5.91 Å². The number of rotatable bonds is 7. The molecule has 106 valence electrons. The highest BCUT2D eigenvalue weighted by Crippen LogP contribution is 2.25. The smallest absolute Gasteiger partial charge is 0.243 e. The molecule has 0 spiro atoms. The summed E-state index contributed by atoms with van der Waals surface area (Å²) in [6.45, 7) is 11.7. The molecule has 1 aliphatic heterocycles. The maximum Gasteiger partial charge on any atom is 0.243 e. The normalized spacial score (nSPS) is 28.4. The summed E-state index contributed by atoms with van der Waals surface area (Å²) < 4.78 is 0. The van der Waals surface area contributed by atoms with Crippen LogP contribution in [-0.2, 0) is 4.79 Å². The van der Waals surface area contributed by atoms with Crippen LogP contribution in [0.1, 0.15) is 66.7 Å². The number of unbranched alkanes of at least 4 members (excludes halogenated alkanes) is 1. The number of nitrogens with one attached hydrogen (secondary N) is 1. The van der Waals surface area contributed by atoms with E-state index >= 15 is 0 Å². The number of carbonyl (C=O) groups excluding carboxylic acids is 1. The third-order valence-electron chi connectivity index (χ3n) is 4.12. The zero-order valence-corrected chi connectivity index (χ0v) is 12.8. The van der Waals surface area contributed by atoms with Crippen LogP contribution in [0.5, 0.6) is 0 Å². The fraction of sp³-hybridized carbons (Fsp3) is 0.933. The molecule has 0 radical (unpaired) electrons. The van der Waals surface area contributed by atoms with Crippen LogP contribution in [0.25, 0.3) is 0 Å². The van der Waals surface area contributed by atoms with Crippen molar-refractivity contribution in [3.63, 3.8) is 0 Å². The maximum atomic E-state index is 12.4. The van der Waals surface area contributed by atoms with Crippen molar-refractivity contribution in [3.05, 3.63) is 0 Å². The van der Waals surface area contributed by atoms with Gasteiger partial charge in [-0.2, -0.15) is 0 Å². The fourth-order valence-electron chi connectivity index (χ4n) is 2.63. The number of hydrogen-bond acceptors (Lipinski definition) is 2. The summed E-state index contributed by atoms with van der Waals surface area (Å²) in [6, 6.07) is 0. The molecule has 0 bridgehead atoms. The highest BCUT2D eigenvalue weighted by molar-refractivity contribution is 5.88. The first-order valence-electron chi connectivity index (χ1n) is 7.53. The summed E-state index contributed by atoms with van der Waals surface area (Å²) in [5.41, 5.74) is -0.335. The molecule has 0 aliphatic carbocycles. The van der Waals surface area contributed by atoms with E-state index in [4.69, 9.17) is 0 Å². The molecule has 3 nitrogen and oxygen atoms in total. The number of hydrogen-bond donors (Lipinski definition) is 1. The third-order valence-corrected chi connectivity index (χ3v) is 4.12. The summed E-state index contributed by atoms with van der Waals surface area (Å²) in [7, 11) is 0. The molecule has 0 aromatic heterocycles. The predicted octanol–water partition coefficient (Wildman–Crippen LogP) is 3.15. The lowest BCUT2D eigenvalue weighted by Gasteiger charge is -2.23. The summed E-state index contributed by atoms with van der Waals surface area (Å²) >= 11 is 0. The molecular weight excluding hydrogens is 224 g/mol. The van der Waals surface area contributed by atoms with E-state index in [0.717, 1.165) is 31.7 Å². The first-order chi connectivity index (χ1) is 8.44. The second-order valence-electron chi connectivity index (χ2n) is 6.14. The van der Waals surface area contributed by atoms with Gasteiger partial charge < -0.3 is 4.90 Å².